The monoisotopic (exact) mass is 367 g/mol. The first-order valence-electron chi connectivity index (χ1n) is 7.31. The maximum absolute atomic E-state index is 13.1. The standard InChI is InChI=1S/C18H16Cl2FNO2/c1-22(18(24)14-8-15(19)10-16(20)9-14)11-13(6-7-23)12-2-4-17(21)5-3-12/h2-5,7-10,13H,6,11H2,1H3. The van der Waals surface area contributed by atoms with Gasteiger partial charge in [0.1, 0.15) is 12.1 Å². The molecule has 0 radical (unpaired) electrons. The molecule has 0 aliphatic rings. The molecule has 0 bridgehead atoms. The predicted octanol–water partition coefficient (Wildman–Crippen LogP) is 4.58. The van der Waals surface area contributed by atoms with Crippen molar-refractivity contribution >= 4 is 35.4 Å². The van der Waals surface area contributed by atoms with Crippen LogP contribution in [0.1, 0.15) is 28.3 Å². The highest BCUT2D eigenvalue weighted by Gasteiger charge is 2.19. The Morgan fingerprint density at radius 1 is 1.17 bits per heavy atom. The number of nitrogens with zero attached hydrogens (tertiary/aromatic N) is 1. The van der Waals surface area contributed by atoms with Gasteiger partial charge in [-0.05, 0) is 35.9 Å². The minimum absolute atomic E-state index is 0.216. The Morgan fingerprint density at radius 3 is 2.29 bits per heavy atom. The maximum Gasteiger partial charge on any atom is 0.253 e. The molecule has 1 atom stereocenters. The zero-order chi connectivity index (χ0) is 17.7. The number of hydrogen-bond donors (Lipinski definition) is 0. The summed E-state index contributed by atoms with van der Waals surface area (Å²) in [5.41, 5.74) is 1.17. The average molecular weight is 368 g/mol. The Bertz CT molecular complexity index is 714. The van der Waals surface area contributed by atoms with Crippen LogP contribution < -0.4 is 0 Å². The molecule has 0 spiro atoms. The van der Waals surface area contributed by atoms with E-state index in [0.29, 0.717) is 22.2 Å². The fourth-order valence-electron chi connectivity index (χ4n) is 2.48. The van der Waals surface area contributed by atoms with Crippen molar-refractivity contribution in [2.24, 2.45) is 0 Å². The fourth-order valence-corrected chi connectivity index (χ4v) is 3.00. The van der Waals surface area contributed by atoms with Crippen LogP contribution in [0.15, 0.2) is 42.5 Å². The first kappa shape index (κ1) is 18.4. The van der Waals surface area contributed by atoms with E-state index in [0.717, 1.165) is 11.8 Å². The van der Waals surface area contributed by atoms with Crippen molar-refractivity contribution in [3.05, 3.63) is 69.5 Å². The number of likely N-dealkylation sites (N-methyl/N-ethyl adjacent to an activating group) is 1. The highest BCUT2D eigenvalue weighted by Crippen LogP contribution is 2.23. The molecule has 24 heavy (non-hydrogen) atoms. The average Bonchev–Trinajstić information content (AvgIpc) is 2.53. The largest absolute Gasteiger partial charge is 0.341 e. The lowest BCUT2D eigenvalue weighted by Crippen LogP contribution is -2.31. The van der Waals surface area contributed by atoms with Crippen LogP contribution in [0.4, 0.5) is 4.39 Å². The topological polar surface area (TPSA) is 37.4 Å². The molecule has 2 aromatic rings. The molecule has 3 nitrogen and oxygen atoms in total. The summed E-state index contributed by atoms with van der Waals surface area (Å²) in [6.45, 7) is 0.313. The molecule has 0 N–H and O–H groups in total. The SMILES string of the molecule is CN(CC(CC=O)c1ccc(F)cc1)C(=O)c1cc(Cl)cc(Cl)c1. The van der Waals surface area contributed by atoms with Crippen molar-refractivity contribution in [1.82, 2.24) is 4.90 Å². The van der Waals surface area contributed by atoms with E-state index in [1.54, 1.807) is 37.4 Å². The van der Waals surface area contributed by atoms with Crippen LogP contribution in [0.25, 0.3) is 0 Å². The molecule has 2 rings (SSSR count). The minimum atomic E-state index is -0.346. The molecular weight excluding hydrogens is 352 g/mol. The van der Waals surface area contributed by atoms with Gasteiger partial charge in [-0.1, -0.05) is 35.3 Å². The van der Waals surface area contributed by atoms with Gasteiger partial charge in [0.15, 0.2) is 0 Å². The van der Waals surface area contributed by atoms with Gasteiger partial charge in [-0.25, -0.2) is 4.39 Å². The molecule has 0 fully saturated rings. The summed E-state index contributed by atoms with van der Waals surface area (Å²) in [5.74, 6) is -0.814. The summed E-state index contributed by atoms with van der Waals surface area (Å²) in [6.07, 6.45) is 1.03. The lowest BCUT2D eigenvalue weighted by molar-refractivity contribution is -0.108. The second-order valence-corrected chi connectivity index (χ2v) is 6.37. The molecule has 0 aliphatic carbocycles. The van der Waals surface area contributed by atoms with Crippen LogP contribution in [0.2, 0.25) is 10.0 Å². The van der Waals surface area contributed by atoms with Gasteiger partial charge in [0.05, 0.1) is 0 Å². The molecule has 1 amide bonds. The van der Waals surface area contributed by atoms with Crippen LogP contribution in [0, 0.1) is 5.82 Å². The maximum atomic E-state index is 13.1. The van der Waals surface area contributed by atoms with Gasteiger partial charge in [0.25, 0.3) is 5.91 Å². The smallest absolute Gasteiger partial charge is 0.253 e. The van der Waals surface area contributed by atoms with Crippen molar-refractivity contribution < 1.29 is 14.0 Å². The number of amides is 1. The third kappa shape index (κ3) is 4.79. The summed E-state index contributed by atoms with van der Waals surface area (Å²) < 4.78 is 13.1. The molecule has 126 valence electrons. The highest BCUT2D eigenvalue weighted by atomic mass is 35.5. The molecule has 0 saturated heterocycles. The van der Waals surface area contributed by atoms with E-state index in [9.17, 15) is 14.0 Å². The summed E-state index contributed by atoms with van der Waals surface area (Å²) in [4.78, 5) is 25.0. The normalized spacial score (nSPS) is 11.8. The van der Waals surface area contributed by atoms with Crippen molar-refractivity contribution in [1.29, 1.82) is 0 Å². The van der Waals surface area contributed by atoms with Gasteiger partial charge in [-0.15, -0.1) is 0 Å². The molecule has 0 aliphatic heterocycles. The number of hydrogen-bond acceptors (Lipinski definition) is 2. The van der Waals surface area contributed by atoms with E-state index in [1.165, 1.54) is 17.0 Å². The van der Waals surface area contributed by atoms with Crippen LogP contribution in [-0.2, 0) is 4.79 Å². The number of halogens is 3. The second kappa shape index (κ2) is 8.27. The van der Waals surface area contributed by atoms with Gasteiger partial charge in [-0.3, -0.25) is 4.79 Å². The van der Waals surface area contributed by atoms with Crippen molar-refractivity contribution in [2.75, 3.05) is 13.6 Å². The quantitative estimate of drug-likeness (QED) is 0.700. The summed E-state index contributed by atoms with van der Waals surface area (Å²) >= 11 is 11.9. The zero-order valence-corrected chi connectivity index (χ0v) is 14.5. The number of aldehydes is 1. The molecule has 0 aromatic heterocycles. The minimum Gasteiger partial charge on any atom is -0.341 e. The van der Waals surface area contributed by atoms with Gasteiger partial charge in [-0.2, -0.15) is 0 Å². The summed E-state index contributed by atoms with van der Waals surface area (Å²) in [5, 5.41) is 0.754. The molecule has 2 aromatic carbocycles. The summed E-state index contributed by atoms with van der Waals surface area (Å²) in [6, 6.07) is 10.6. The second-order valence-electron chi connectivity index (χ2n) is 5.49. The first-order chi connectivity index (χ1) is 11.4. The van der Waals surface area contributed by atoms with Crippen molar-refractivity contribution in [2.45, 2.75) is 12.3 Å². The Hall–Kier alpha value is -1.91. The number of carbonyl (C=O) groups excluding carboxylic acids is 2. The molecule has 0 saturated carbocycles. The van der Waals surface area contributed by atoms with E-state index in [-0.39, 0.29) is 24.1 Å². The number of benzene rings is 2. The lowest BCUT2D eigenvalue weighted by Gasteiger charge is -2.23. The van der Waals surface area contributed by atoms with Crippen LogP contribution >= 0.6 is 23.2 Å². The summed E-state index contributed by atoms with van der Waals surface area (Å²) in [7, 11) is 1.64. The molecular formula is C18H16Cl2FNO2. The van der Waals surface area contributed by atoms with E-state index in [2.05, 4.69) is 0 Å². The number of carbonyl (C=O) groups is 2. The van der Waals surface area contributed by atoms with Crippen LogP contribution in [-0.4, -0.2) is 30.7 Å². The Kier molecular flexibility index (Phi) is 6.35. The van der Waals surface area contributed by atoms with Gasteiger partial charge in [0, 0.05) is 41.5 Å². The van der Waals surface area contributed by atoms with Crippen molar-refractivity contribution in [3.63, 3.8) is 0 Å². The fraction of sp³-hybridized carbons (Fsp3) is 0.222. The Balaban J connectivity index is 2.17. The Morgan fingerprint density at radius 2 is 1.75 bits per heavy atom. The third-order valence-electron chi connectivity index (χ3n) is 3.67. The first-order valence-corrected chi connectivity index (χ1v) is 8.07. The van der Waals surface area contributed by atoms with Crippen molar-refractivity contribution in [3.8, 4) is 0 Å². The predicted molar refractivity (Wildman–Crippen MR) is 93.2 cm³/mol. The number of rotatable bonds is 6. The van der Waals surface area contributed by atoms with Crippen LogP contribution in [0.3, 0.4) is 0 Å². The lowest BCUT2D eigenvalue weighted by atomic mass is 9.95. The van der Waals surface area contributed by atoms with Gasteiger partial charge in [0.2, 0.25) is 0 Å². The van der Waals surface area contributed by atoms with Gasteiger partial charge >= 0.3 is 0 Å². The zero-order valence-electron chi connectivity index (χ0n) is 13.0. The van der Waals surface area contributed by atoms with E-state index in [4.69, 9.17) is 23.2 Å². The Labute approximate surface area is 150 Å². The molecule has 0 heterocycles. The molecule has 1 unspecified atom stereocenters. The highest BCUT2D eigenvalue weighted by molar-refractivity contribution is 6.35. The van der Waals surface area contributed by atoms with E-state index < -0.39 is 0 Å². The van der Waals surface area contributed by atoms with E-state index >= 15 is 0 Å². The molecule has 6 heteroatoms. The van der Waals surface area contributed by atoms with Crippen LogP contribution in [0.5, 0.6) is 0 Å². The van der Waals surface area contributed by atoms with E-state index in [1.807, 2.05) is 0 Å². The van der Waals surface area contributed by atoms with Gasteiger partial charge < -0.3 is 9.69 Å². The third-order valence-corrected chi connectivity index (χ3v) is 4.11.